The minimum absolute atomic E-state index is 0.00313. The van der Waals surface area contributed by atoms with Crippen molar-refractivity contribution >= 4 is 5.78 Å². The second kappa shape index (κ2) is 29.4. The molecule has 7 heterocycles. The van der Waals surface area contributed by atoms with Gasteiger partial charge in [0.2, 0.25) is 0 Å². The van der Waals surface area contributed by atoms with Crippen LogP contribution in [0.15, 0.2) is 0 Å². The molecule has 0 amide bonds. The summed E-state index contributed by atoms with van der Waals surface area (Å²) in [6, 6.07) is 0. The number of rotatable bonds is 20. The van der Waals surface area contributed by atoms with Crippen molar-refractivity contribution in [1.29, 1.82) is 0 Å². The van der Waals surface area contributed by atoms with Crippen molar-refractivity contribution in [3.8, 4) is 0 Å². The van der Waals surface area contributed by atoms with Gasteiger partial charge >= 0.3 is 0 Å². The highest BCUT2D eigenvalue weighted by atomic mass is 16.8. The van der Waals surface area contributed by atoms with Crippen LogP contribution in [0, 0.1) is 52.3 Å². The third-order valence-electron chi connectivity index (χ3n) is 23.6. The Morgan fingerprint density at radius 1 is 0.532 bits per heavy atom. The highest BCUT2D eigenvalue weighted by Gasteiger charge is 2.70. The summed E-state index contributed by atoms with van der Waals surface area (Å²) in [5.41, 5.74) is -0.577. The molecule has 17 N–H and O–H groups in total. The van der Waals surface area contributed by atoms with Crippen LogP contribution in [0.4, 0.5) is 0 Å². The molecule has 542 valence electrons. The molecule has 11 rings (SSSR count). The lowest BCUT2D eigenvalue weighted by atomic mass is 9.44. The fourth-order valence-electron chi connectivity index (χ4n) is 18.1. The Bertz CT molecular complexity index is 2490. The highest BCUT2D eigenvalue weighted by molar-refractivity contribution is 5.84. The third-order valence-corrected chi connectivity index (χ3v) is 23.6. The molecule has 94 heavy (non-hydrogen) atoms. The van der Waals surface area contributed by atoms with E-state index in [9.17, 15) is 91.6 Å². The van der Waals surface area contributed by atoms with E-state index in [0.717, 1.165) is 32.1 Å². The predicted octanol–water partition coefficient (Wildman–Crippen LogP) is -6.17. The summed E-state index contributed by atoms with van der Waals surface area (Å²) in [6.07, 6.45) is -43.9. The summed E-state index contributed by atoms with van der Waals surface area (Å²) in [4.78, 5) is 14.9. The number of hydrogen-bond acceptors (Lipinski definition) is 32. The van der Waals surface area contributed by atoms with E-state index >= 15 is 0 Å². The molecule has 7 saturated heterocycles. The first kappa shape index (κ1) is 73.6. The zero-order valence-corrected chi connectivity index (χ0v) is 53.7. The molecular weight excluding hydrogens is 1260 g/mol. The van der Waals surface area contributed by atoms with Crippen LogP contribution in [0.5, 0.6) is 0 Å². The number of carbonyl (C=O) groups is 1. The van der Waals surface area contributed by atoms with E-state index in [1.807, 2.05) is 6.92 Å². The highest BCUT2D eigenvalue weighted by Crippen LogP contribution is 2.71. The van der Waals surface area contributed by atoms with Gasteiger partial charge in [-0.3, -0.25) is 4.79 Å². The Morgan fingerprint density at radius 3 is 1.72 bits per heavy atom. The molecule has 0 spiro atoms. The van der Waals surface area contributed by atoms with Gasteiger partial charge < -0.3 is 153 Å². The first-order chi connectivity index (χ1) is 44.5. The van der Waals surface area contributed by atoms with E-state index in [2.05, 4.69) is 20.8 Å². The van der Waals surface area contributed by atoms with Crippen LogP contribution < -0.4 is 0 Å². The van der Waals surface area contributed by atoms with Gasteiger partial charge in [-0.05, 0) is 98.2 Å². The quantitative estimate of drug-likeness (QED) is 0.0504. The van der Waals surface area contributed by atoms with Crippen LogP contribution in [0.3, 0.4) is 0 Å². The van der Waals surface area contributed by atoms with Crippen molar-refractivity contribution < 1.29 is 158 Å². The Labute approximate surface area is 543 Å². The number of fused-ring (bicyclic) bond motifs is 7. The summed E-state index contributed by atoms with van der Waals surface area (Å²) in [5, 5.41) is 183. The SMILES string of the molecule is CO[C@]1(CC[C@H](C)CO[C@@H]2O[C@H](CO)[C@@H](O)[C@H](O)[C@H]2O)OC2C[C@H]3[C@@H]4CC[C@H]5CC(O[C@@H]6O[C@H](CO)[C@H](O[C@@H]7O[C@H](CO)[C@@H](O)[C@H](O[C@@H]8OC[C@@H](O)[C@H](O)[C@H]8O)[C@H]7O[C@@H]7OC[C@H](O)[C@H](O)[C@H]7O)[C@H](O)[C@H]6O[C@@H]6O[C@@H](C)[C@H](O)[C@@H](O)[C@H]6O)C(=O)C[C@]5(C)[C@H]4CC[C@]3(C)C2[C@@H]1C. The molecule has 11 fully saturated rings. The van der Waals surface area contributed by atoms with E-state index in [0.29, 0.717) is 12.8 Å². The minimum Gasteiger partial charge on any atom is -0.394 e. The van der Waals surface area contributed by atoms with Gasteiger partial charge in [-0.25, -0.2) is 0 Å². The van der Waals surface area contributed by atoms with Gasteiger partial charge in [-0.2, -0.15) is 0 Å². The zero-order valence-electron chi connectivity index (χ0n) is 53.7. The fourth-order valence-corrected chi connectivity index (χ4v) is 18.1. The number of methoxy groups -OCH3 is 1. The normalized spacial score (nSPS) is 54.9. The average molecular weight is 1360 g/mol. The molecule has 40 atom stereocenters. The van der Waals surface area contributed by atoms with Gasteiger partial charge in [0.15, 0.2) is 49.3 Å². The summed E-state index contributed by atoms with van der Waals surface area (Å²) >= 11 is 0. The number of ether oxygens (including phenoxy) is 14. The van der Waals surface area contributed by atoms with Gasteiger partial charge in [0.1, 0.15) is 134 Å². The molecule has 11 aliphatic rings. The molecule has 0 aromatic heterocycles. The molecule has 0 radical (unpaired) electrons. The van der Waals surface area contributed by atoms with Crippen LogP contribution in [-0.4, -0.2) is 329 Å². The maximum atomic E-state index is 14.9. The molecule has 0 bridgehead atoms. The number of aliphatic hydroxyl groups is 17. The van der Waals surface area contributed by atoms with Gasteiger partial charge in [-0.1, -0.05) is 27.7 Å². The Balaban J connectivity index is 0.788. The first-order valence-electron chi connectivity index (χ1n) is 33.4. The van der Waals surface area contributed by atoms with Crippen LogP contribution in [0.25, 0.3) is 0 Å². The summed E-state index contributed by atoms with van der Waals surface area (Å²) in [5.74, 6) is -0.381. The lowest BCUT2D eigenvalue weighted by Crippen LogP contribution is -2.69. The van der Waals surface area contributed by atoms with Crippen LogP contribution in [0.2, 0.25) is 0 Å². The first-order valence-corrected chi connectivity index (χ1v) is 33.4. The fraction of sp³-hybridized carbons (Fsp3) is 0.984. The van der Waals surface area contributed by atoms with Crippen LogP contribution in [-0.2, 0) is 71.1 Å². The second-order valence-electron chi connectivity index (χ2n) is 29.1. The number of carbonyl (C=O) groups excluding carboxylic acids is 1. The van der Waals surface area contributed by atoms with E-state index < -0.39 is 222 Å². The Kier molecular flexibility index (Phi) is 23.0. The molecule has 0 aromatic carbocycles. The standard InChI is InChI=1S/C62H102O32/c1-22(19-82-54-47(78)44(75)41(72)34(16-63)87-54)9-12-62(81-6)23(2)37-33(94-62)14-28-26-8-7-25-13-32(29(66)15-61(25,5)27(26)10-11-60(28,37)4)86-58-52(92-57-48(79)43(74)38(69)24(3)85-57)49(80)50(36(18-65)89-58)90-59-53(93-56-46(77)40(71)31(68)21-84-56)51(42(73)35(17-64)88-59)91-55-45(76)39(70)30(67)20-83-55/h22-28,30-59,63-65,67-80H,7-21H2,1-6H3/t22-,23-,24-,25-,26+,27-,28-,30+,31-,32?,33?,34+,35+,36+,37?,38-,39-,40-,41+,42+,43+,44-,45+,46+,47+,48+,49-,50-,51-,52+,53+,54+,55-,56-,57-,58+,59-,60-,61-,62+/m0/s1. The number of aliphatic hydroxyl groups excluding tert-OH is 17. The lowest BCUT2D eigenvalue weighted by Gasteiger charge is -2.61. The van der Waals surface area contributed by atoms with Crippen molar-refractivity contribution in [2.75, 3.05) is 46.8 Å². The van der Waals surface area contributed by atoms with Crippen LogP contribution >= 0.6 is 0 Å². The minimum atomic E-state index is -2.07. The average Bonchev–Trinajstić information content (AvgIpc) is 1.49. The number of ketones is 1. The topological polar surface area (TPSA) is 490 Å². The van der Waals surface area contributed by atoms with Gasteiger partial charge in [-0.15, -0.1) is 0 Å². The summed E-state index contributed by atoms with van der Waals surface area (Å²) in [7, 11) is 1.67. The maximum absolute atomic E-state index is 14.9. The molecular formula is C62H102O32. The van der Waals surface area contributed by atoms with E-state index in [-0.39, 0.29) is 78.2 Å². The smallest absolute Gasteiger partial charge is 0.187 e. The lowest BCUT2D eigenvalue weighted by molar-refractivity contribution is -0.407. The number of Topliss-reactive ketones (excluding diaryl/α,β-unsaturated/α-hetero) is 1. The molecule has 32 nitrogen and oxygen atoms in total. The van der Waals surface area contributed by atoms with Gasteiger partial charge in [0.05, 0.1) is 51.8 Å². The molecule has 4 aliphatic carbocycles. The van der Waals surface area contributed by atoms with Gasteiger partial charge in [0.25, 0.3) is 0 Å². The molecule has 0 aromatic rings. The maximum Gasteiger partial charge on any atom is 0.187 e. The Morgan fingerprint density at radius 2 is 1.09 bits per heavy atom. The second-order valence-corrected chi connectivity index (χ2v) is 29.1. The summed E-state index contributed by atoms with van der Waals surface area (Å²) in [6.45, 7) is 6.67. The van der Waals surface area contributed by atoms with Crippen molar-refractivity contribution in [3.05, 3.63) is 0 Å². The molecule has 7 aliphatic heterocycles. The monoisotopic (exact) mass is 1360 g/mol. The van der Waals surface area contributed by atoms with Gasteiger partial charge in [0, 0.05) is 25.9 Å². The van der Waals surface area contributed by atoms with Crippen molar-refractivity contribution in [2.24, 2.45) is 52.3 Å². The zero-order chi connectivity index (χ0) is 67.9. The molecule has 32 heteroatoms. The largest absolute Gasteiger partial charge is 0.394 e. The van der Waals surface area contributed by atoms with Crippen molar-refractivity contribution in [2.45, 2.75) is 282 Å². The molecule has 3 unspecified atom stereocenters. The Hall–Kier alpha value is -1.57. The van der Waals surface area contributed by atoms with E-state index in [1.54, 1.807) is 7.11 Å². The van der Waals surface area contributed by atoms with E-state index in [1.165, 1.54) is 6.92 Å². The van der Waals surface area contributed by atoms with Crippen molar-refractivity contribution in [3.63, 3.8) is 0 Å². The summed E-state index contributed by atoms with van der Waals surface area (Å²) < 4.78 is 85.5. The van der Waals surface area contributed by atoms with E-state index in [4.69, 9.17) is 66.3 Å². The molecule has 4 saturated carbocycles. The van der Waals surface area contributed by atoms with Crippen molar-refractivity contribution in [1.82, 2.24) is 0 Å². The predicted molar refractivity (Wildman–Crippen MR) is 309 cm³/mol. The van der Waals surface area contributed by atoms with Crippen LogP contribution in [0.1, 0.15) is 92.4 Å². The number of hydrogen-bond donors (Lipinski definition) is 17. The third kappa shape index (κ3) is 13.5.